The van der Waals surface area contributed by atoms with Crippen molar-refractivity contribution in [2.75, 3.05) is 0 Å². The molecule has 4 aliphatic rings. The predicted octanol–water partition coefficient (Wildman–Crippen LogP) is 3.63. The smallest absolute Gasteiger partial charge is 0.411 e. The topological polar surface area (TPSA) is 116 Å². The van der Waals surface area contributed by atoms with Gasteiger partial charge in [0.2, 0.25) is 0 Å². The van der Waals surface area contributed by atoms with Crippen LogP contribution in [-0.4, -0.2) is 62.9 Å². The largest absolute Gasteiger partial charge is 0.480 e. The second kappa shape index (κ2) is 9.76. The number of aliphatic carboxylic acids is 2. The summed E-state index contributed by atoms with van der Waals surface area (Å²) in [6.45, 7) is 5.40. The lowest BCUT2D eigenvalue weighted by molar-refractivity contribution is -0.142. The fourth-order valence-electron chi connectivity index (χ4n) is 5.77. The van der Waals surface area contributed by atoms with Gasteiger partial charge < -0.3 is 20.3 Å². The summed E-state index contributed by atoms with van der Waals surface area (Å²) in [5, 5.41) is 21.3. The number of rotatable bonds is 2. The summed E-state index contributed by atoms with van der Waals surface area (Å²) in [6.07, 6.45) is 10.0. The third-order valence-electron chi connectivity index (χ3n) is 7.14. The highest BCUT2D eigenvalue weighted by molar-refractivity contribution is 5.81. The van der Waals surface area contributed by atoms with Gasteiger partial charge in [-0.2, -0.15) is 0 Å². The molecule has 0 aromatic heterocycles. The number of carbonyl (C=O) groups excluding carboxylic acids is 1. The Kier molecular flexibility index (Phi) is 7.50. The molecule has 2 heterocycles. The van der Waals surface area contributed by atoms with E-state index in [1.807, 2.05) is 0 Å². The Hall–Kier alpha value is -1.83. The van der Waals surface area contributed by atoms with Gasteiger partial charge in [0.1, 0.15) is 17.7 Å². The molecule has 0 radical (unpaired) electrons. The normalized spacial score (nSPS) is 34.7. The Labute approximate surface area is 184 Å². The second-order valence-corrected chi connectivity index (χ2v) is 10.5. The number of hydrogen-bond donors (Lipinski definition) is 3. The first-order valence-corrected chi connectivity index (χ1v) is 11.8. The maximum absolute atomic E-state index is 12.3. The van der Waals surface area contributed by atoms with E-state index in [1.54, 1.807) is 20.8 Å². The third kappa shape index (κ3) is 5.90. The summed E-state index contributed by atoms with van der Waals surface area (Å²) >= 11 is 0. The van der Waals surface area contributed by atoms with Gasteiger partial charge in [-0.15, -0.1) is 0 Å². The van der Waals surface area contributed by atoms with E-state index in [2.05, 4.69) is 5.32 Å². The minimum absolute atomic E-state index is 0.0460. The highest BCUT2D eigenvalue weighted by Gasteiger charge is 2.48. The molecule has 1 amide bonds. The molecular formula is C23H38N2O6. The van der Waals surface area contributed by atoms with Crippen LogP contribution in [-0.2, 0) is 14.3 Å². The van der Waals surface area contributed by atoms with Crippen molar-refractivity contribution in [2.24, 2.45) is 11.8 Å². The monoisotopic (exact) mass is 438 g/mol. The highest BCUT2D eigenvalue weighted by Crippen LogP contribution is 2.40. The molecule has 2 saturated carbocycles. The number of amides is 1. The maximum Gasteiger partial charge on any atom is 0.411 e. The van der Waals surface area contributed by atoms with E-state index in [9.17, 15) is 19.5 Å². The number of nitrogens with one attached hydrogen (secondary N) is 1. The summed E-state index contributed by atoms with van der Waals surface area (Å²) in [5.41, 5.74) is -0.590. The summed E-state index contributed by atoms with van der Waals surface area (Å²) in [5.74, 6) is -0.633. The first kappa shape index (κ1) is 23.8. The molecule has 8 nitrogen and oxygen atoms in total. The third-order valence-corrected chi connectivity index (χ3v) is 7.14. The van der Waals surface area contributed by atoms with Crippen LogP contribution in [0.2, 0.25) is 0 Å². The molecule has 0 aromatic rings. The summed E-state index contributed by atoms with van der Waals surface area (Å²) in [7, 11) is 0. The number of fused-ring (bicyclic) bond motifs is 2. The zero-order valence-electron chi connectivity index (χ0n) is 19.0. The Morgan fingerprint density at radius 1 is 0.871 bits per heavy atom. The Morgan fingerprint density at radius 2 is 1.48 bits per heavy atom. The van der Waals surface area contributed by atoms with Crippen LogP contribution in [0.5, 0.6) is 0 Å². The van der Waals surface area contributed by atoms with Gasteiger partial charge in [0.15, 0.2) is 0 Å². The summed E-state index contributed by atoms with van der Waals surface area (Å²) < 4.78 is 5.37. The number of carboxylic acids is 2. The van der Waals surface area contributed by atoms with Gasteiger partial charge in [-0.05, 0) is 71.1 Å². The van der Waals surface area contributed by atoms with E-state index >= 15 is 0 Å². The van der Waals surface area contributed by atoms with Crippen LogP contribution in [0.15, 0.2) is 0 Å². The van der Waals surface area contributed by atoms with Crippen molar-refractivity contribution in [1.29, 1.82) is 0 Å². The minimum atomic E-state index is -0.916. The Morgan fingerprint density at radius 3 is 2.06 bits per heavy atom. The van der Waals surface area contributed by atoms with Crippen LogP contribution in [0.1, 0.15) is 85.0 Å². The molecule has 2 aliphatic carbocycles. The fourth-order valence-corrected chi connectivity index (χ4v) is 5.77. The molecule has 2 saturated heterocycles. The summed E-state index contributed by atoms with van der Waals surface area (Å²) in [6, 6.07) is -0.439. The second-order valence-electron chi connectivity index (χ2n) is 10.5. The van der Waals surface area contributed by atoms with Crippen LogP contribution in [0.4, 0.5) is 4.79 Å². The van der Waals surface area contributed by atoms with Crippen molar-refractivity contribution >= 4 is 18.0 Å². The SMILES string of the molecule is CC(C)(C)OC(=O)N1[C@H](C(=O)O)C[C@@H]2CCCC[C@@H]21.O=C(O)[C@@H]1C[C@@H]2CCCC[C@@H]2N1. The van der Waals surface area contributed by atoms with Crippen molar-refractivity contribution in [3.05, 3.63) is 0 Å². The van der Waals surface area contributed by atoms with Crippen molar-refractivity contribution in [2.45, 2.75) is 115 Å². The quantitative estimate of drug-likeness (QED) is 0.603. The molecule has 31 heavy (non-hydrogen) atoms. The molecule has 4 rings (SSSR count). The standard InChI is InChI=1S/C14H23NO4.C9H15NO2/c1-14(2,3)19-13(18)15-10-7-5-4-6-9(10)8-11(15)12(16)17;11-9(12)8-5-6-3-1-2-4-7(6)10-8/h9-11H,4-8H2,1-3H3,(H,16,17);6-8,10H,1-5H2,(H,11,12)/t9-,10-,11-;6-,7-,8-/m00/s1. The minimum Gasteiger partial charge on any atom is -0.480 e. The van der Waals surface area contributed by atoms with Crippen LogP contribution in [0.3, 0.4) is 0 Å². The van der Waals surface area contributed by atoms with E-state index in [4.69, 9.17) is 9.84 Å². The average Bonchev–Trinajstić information content (AvgIpc) is 3.29. The molecule has 6 atom stereocenters. The fraction of sp³-hybridized carbons (Fsp3) is 0.870. The number of ether oxygens (including phenoxy) is 1. The van der Waals surface area contributed by atoms with Crippen LogP contribution < -0.4 is 5.32 Å². The molecule has 2 aliphatic heterocycles. The Bertz CT molecular complexity index is 661. The van der Waals surface area contributed by atoms with Crippen LogP contribution in [0, 0.1) is 11.8 Å². The lowest BCUT2D eigenvalue weighted by Gasteiger charge is -2.34. The summed E-state index contributed by atoms with van der Waals surface area (Å²) in [4.78, 5) is 35.8. The lowest BCUT2D eigenvalue weighted by atomic mass is 9.85. The molecule has 8 heteroatoms. The van der Waals surface area contributed by atoms with Crippen molar-refractivity contribution in [3.63, 3.8) is 0 Å². The molecule has 4 fully saturated rings. The van der Waals surface area contributed by atoms with Crippen molar-refractivity contribution in [3.8, 4) is 0 Å². The number of nitrogens with zero attached hydrogens (tertiary/aromatic N) is 1. The maximum atomic E-state index is 12.3. The Balaban J connectivity index is 0.000000194. The lowest BCUT2D eigenvalue weighted by Crippen LogP contribution is -2.48. The van der Waals surface area contributed by atoms with Gasteiger partial charge in [-0.25, -0.2) is 9.59 Å². The van der Waals surface area contributed by atoms with E-state index in [0.717, 1.165) is 32.1 Å². The molecular weight excluding hydrogens is 400 g/mol. The first-order valence-electron chi connectivity index (χ1n) is 11.8. The average molecular weight is 439 g/mol. The van der Waals surface area contributed by atoms with E-state index in [0.29, 0.717) is 24.3 Å². The van der Waals surface area contributed by atoms with E-state index < -0.39 is 29.7 Å². The number of carbonyl (C=O) groups is 3. The van der Waals surface area contributed by atoms with Gasteiger partial charge in [0.05, 0.1) is 0 Å². The van der Waals surface area contributed by atoms with Crippen LogP contribution in [0.25, 0.3) is 0 Å². The number of likely N-dealkylation sites (tertiary alicyclic amines) is 1. The zero-order valence-corrected chi connectivity index (χ0v) is 19.0. The van der Waals surface area contributed by atoms with Gasteiger partial charge in [0.25, 0.3) is 0 Å². The first-order chi connectivity index (χ1) is 14.6. The van der Waals surface area contributed by atoms with Gasteiger partial charge in [0, 0.05) is 12.1 Å². The molecule has 3 N–H and O–H groups in total. The van der Waals surface area contributed by atoms with E-state index in [-0.39, 0.29) is 12.1 Å². The van der Waals surface area contributed by atoms with Gasteiger partial charge in [-0.3, -0.25) is 9.69 Å². The zero-order chi connectivity index (χ0) is 22.8. The molecule has 0 spiro atoms. The van der Waals surface area contributed by atoms with Crippen molar-refractivity contribution < 1.29 is 29.3 Å². The molecule has 0 unspecified atom stereocenters. The molecule has 0 bridgehead atoms. The molecule has 0 aromatic carbocycles. The van der Waals surface area contributed by atoms with E-state index in [1.165, 1.54) is 30.6 Å². The number of carboxylic acid groups (broad SMARTS) is 2. The van der Waals surface area contributed by atoms with Crippen molar-refractivity contribution in [1.82, 2.24) is 10.2 Å². The molecule has 176 valence electrons. The highest BCUT2D eigenvalue weighted by atomic mass is 16.6. The predicted molar refractivity (Wildman–Crippen MR) is 115 cm³/mol. The number of hydrogen-bond acceptors (Lipinski definition) is 5. The van der Waals surface area contributed by atoms with Crippen LogP contribution >= 0.6 is 0 Å². The van der Waals surface area contributed by atoms with Gasteiger partial charge in [-0.1, -0.05) is 25.7 Å². The van der Waals surface area contributed by atoms with Gasteiger partial charge >= 0.3 is 18.0 Å².